The van der Waals surface area contributed by atoms with Crippen LogP contribution >= 0.6 is 22.9 Å². The standard InChI is InChI=1S/C50H59ClN8O9S/c1-31-45(69-30-53-31)36-12-10-33(11-13-36)28-52-47(62)40-27-38(60)29-58(40)49(64)46(50(3,4)5)54-41(61)9-7-6-8-26-67-39-20-16-35(17-21-39)44(34-14-18-37(51)19-15-34)56-22-24-57(25-23-56)48(63)42-43(59(65)66)32(2)68-55-42/h10-21,30,38,40,44,46,60H,6-9,22-29H2,1-5H3,(H,52,62)(H,54,61)/t38-,40+,44?,46-/m1/s1. The van der Waals surface area contributed by atoms with Gasteiger partial charge in [-0.05, 0) is 78.1 Å². The summed E-state index contributed by atoms with van der Waals surface area (Å²) in [5.41, 5.74) is 5.35. The number of halogens is 1. The van der Waals surface area contributed by atoms with Crippen LogP contribution < -0.4 is 15.4 Å². The molecule has 366 valence electrons. The number of aliphatic hydroxyl groups is 1. The monoisotopic (exact) mass is 982 g/mol. The molecular formula is C50H59ClN8O9S. The van der Waals surface area contributed by atoms with Crippen molar-refractivity contribution in [1.82, 2.24) is 35.5 Å². The minimum atomic E-state index is -0.909. The van der Waals surface area contributed by atoms with Crippen molar-refractivity contribution in [3.05, 3.63) is 127 Å². The molecule has 5 aromatic rings. The van der Waals surface area contributed by atoms with Gasteiger partial charge in [0.15, 0.2) is 0 Å². The number of nitrogens with zero attached hydrogens (tertiary/aromatic N) is 6. The molecule has 17 nitrogen and oxygen atoms in total. The Hall–Kier alpha value is -6.21. The van der Waals surface area contributed by atoms with Gasteiger partial charge in [-0.1, -0.05) is 86.1 Å². The van der Waals surface area contributed by atoms with Gasteiger partial charge in [-0.25, -0.2) is 4.98 Å². The summed E-state index contributed by atoms with van der Waals surface area (Å²) in [6.45, 7) is 11.3. The van der Waals surface area contributed by atoms with Gasteiger partial charge in [-0.2, -0.15) is 0 Å². The van der Waals surface area contributed by atoms with Gasteiger partial charge < -0.3 is 34.8 Å². The average Bonchev–Trinajstić information content (AvgIpc) is 4.06. The molecule has 19 heteroatoms. The molecule has 2 saturated heterocycles. The summed E-state index contributed by atoms with van der Waals surface area (Å²) in [5.74, 6) is -0.902. The molecule has 3 aromatic carbocycles. The molecule has 1 unspecified atom stereocenters. The molecule has 2 fully saturated rings. The topological polar surface area (TPSA) is 214 Å². The normalized spacial score (nSPS) is 17.3. The summed E-state index contributed by atoms with van der Waals surface area (Å²) in [7, 11) is 0. The second kappa shape index (κ2) is 22.5. The fourth-order valence-electron chi connectivity index (χ4n) is 8.83. The Kier molecular flexibility index (Phi) is 16.5. The van der Waals surface area contributed by atoms with E-state index in [9.17, 15) is 34.4 Å². The van der Waals surface area contributed by atoms with Crippen molar-refractivity contribution in [1.29, 1.82) is 0 Å². The predicted molar refractivity (Wildman–Crippen MR) is 261 cm³/mol. The van der Waals surface area contributed by atoms with Crippen LogP contribution in [0.25, 0.3) is 10.4 Å². The molecule has 4 heterocycles. The van der Waals surface area contributed by atoms with E-state index in [4.69, 9.17) is 20.9 Å². The number of β-amino-alcohol motifs (C(OH)–C–C–N with tert-alkyl or cyclic N) is 1. The summed E-state index contributed by atoms with van der Waals surface area (Å²) in [6.07, 6.45) is 1.43. The van der Waals surface area contributed by atoms with Crippen LogP contribution in [0.4, 0.5) is 5.69 Å². The third-order valence-corrected chi connectivity index (χ3v) is 13.8. The second-order valence-corrected chi connectivity index (χ2v) is 19.9. The van der Waals surface area contributed by atoms with Crippen molar-refractivity contribution in [2.75, 3.05) is 39.3 Å². The molecule has 4 atom stereocenters. The second-order valence-electron chi connectivity index (χ2n) is 18.6. The number of nitrogens with one attached hydrogen (secondary N) is 2. The first-order chi connectivity index (χ1) is 33.0. The predicted octanol–water partition coefficient (Wildman–Crippen LogP) is 7.27. The Morgan fingerprint density at radius 2 is 1.62 bits per heavy atom. The van der Waals surface area contributed by atoms with Gasteiger partial charge in [-0.15, -0.1) is 11.3 Å². The van der Waals surface area contributed by atoms with E-state index in [2.05, 4.69) is 25.7 Å². The van der Waals surface area contributed by atoms with Gasteiger partial charge in [0.25, 0.3) is 5.91 Å². The number of aromatic nitrogens is 2. The summed E-state index contributed by atoms with van der Waals surface area (Å²) in [6, 6.07) is 21.4. The zero-order chi connectivity index (χ0) is 49.4. The van der Waals surface area contributed by atoms with E-state index in [-0.39, 0.29) is 55.2 Å². The van der Waals surface area contributed by atoms with E-state index in [1.807, 2.05) is 106 Å². The first-order valence-electron chi connectivity index (χ1n) is 23.2. The lowest BCUT2D eigenvalue weighted by Gasteiger charge is -2.39. The number of amides is 4. The number of benzene rings is 3. The van der Waals surface area contributed by atoms with Crippen molar-refractivity contribution < 1.29 is 38.5 Å². The van der Waals surface area contributed by atoms with Crippen LogP contribution in [-0.2, 0) is 20.9 Å². The SMILES string of the molecule is Cc1ncsc1-c1ccc(CNC(=O)[C@@H]2C[C@@H](O)CN2C(=O)[C@@H](NC(=O)CCCCCOc2ccc(C(c3ccc(Cl)cc3)N3CCN(C(=O)c4noc(C)c4[N+](=O)[O-])CC3)cc2)C(C)(C)C)cc1. The van der Waals surface area contributed by atoms with E-state index in [1.165, 1.54) is 11.8 Å². The summed E-state index contributed by atoms with van der Waals surface area (Å²) in [5, 5.41) is 32.4. The molecule has 3 N–H and O–H groups in total. The summed E-state index contributed by atoms with van der Waals surface area (Å²) in [4.78, 5) is 75.7. The van der Waals surface area contributed by atoms with Crippen molar-refractivity contribution in [2.24, 2.45) is 5.41 Å². The highest BCUT2D eigenvalue weighted by molar-refractivity contribution is 7.13. The maximum Gasteiger partial charge on any atom is 0.344 e. The number of hydrogen-bond donors (Lipinski definition) is 3. The zero-order valence-corrected chi connectivity index (χ0v) is 41.1. The number of aliphatic hydroxyl groups excluding tert-OH is 1. The average molecular weight is 984 g/mol. The van der Waals surface area contributed by atoms with Crippen LogP contribution in [0.5, 0.6) is 5.75 Å². The molecule has 0 saturated carbocycles. The number of nitro groups is 1. The fourth-order valence-corrected chi connectivity index (χ4v) is 9.77. The zero-order valence-electron chi connectivity index (χ0n) is 39.5. The van der Waals surface area contributed by atoms with E-state index < -0.39 is 46.0 Å². The van der Waals surface area contributed by atoms with Gasteiger partial charge in [0, 0.05) is 64.1 Å². The highest BCUT2D eigenvalue weighted by Crippen LogP contribution is 2.33. The van der Waals surface area contributed by atoms with Gasteiger partial charge in [0.2, 0.25) is 29.2 Å². The quantitative estimate of drug-likeness (QED) is 0.0449. The van der Waals surface area contributed by atoms with Crippen LogP contribution in [-0.4, -0.2) is 116 Å². The molecule has 4 amide bonds. The Morgan fingerprint density at radius 3 is 2.25 bits per heavy atom. The molecule has 2 aliphatic heterocycles. The number of rotatable bonds is 18. The number of aryl methyl sites for hydroxylation is 2. The van der Waals surface area contributed by atoms with E-state index in [0.717, 1.165) is 32.8 Å². The highest BCUT2D eigenvalue weighted by atomic mass is 35.5. The number of carbonyl (C=O) groups is 4. The van der Waals surface area contributed by atoms with Crippen LogP contribution in [0.1, 0.15) is 97.6 Å². The van der Waals surface area contributed by atoms with Crippen LogP contribution in [0.2, 0.25) is 5.02 Å². The van der Waals surface area contributed by atoms with Gasteiger partial charge >= 0.3 is 5.69 Å². The smallest absolute Gasteiger partial charge is 0.344 e. The van der Waals surface area contributed by atoms with Gasteiger partial charge in [-0.3, -0.25) is 34.2 Å². The Bertz CT molecular complexity index is 2590. The van der Waals surface area contributed by atoms with Crippen LogP contribution in [0.3, 0.4) is 0 Å². The molecular weight excluding hydrogens is 924 g/mol. The third kappa shape index (κ3) is 12.5. The third-order valence-electron chi connectivity index (χ3n) is 12.6. The summed E-state index contributed by atoms with van der Waals surface area (Å²) < 4.78 is 11.1. The van der Waals surface area contributed by atoms with Crippen molar-refractivity contribution >= 4 is 52.3 Å². The molecule has 0 aliphatic carbocycles. The Morgan fingerprint density at radius 1 is 0.957 bits per heavy atom. The lowest BCUT2D eigenvalue weighted by molar-refractivity contribution is -0.386. The first kappa shape index (κ1) is 50.7. The van der Waals surface area contributed by atoms with E-state index >= 15 is 0 Å². The maximum atomic E-state index is 14.1. The number of piperazine rings is 1. The fraction of sp³-hybridized carbons (Fsp3) is 0.440. The molecule has 2 aromatic heterocycles. The molecule has 0 radical (unpaired) electrons. The number of carbonyl (C=O) groups excluding carboxylic acids is 4. The summed E-state index contributed by atoms with van der Waals surface area (Å²) >= 11 is 7.82. The van der Waals surface area contributed by atoms with E-state index in [1.54, 1.807) is 16.2 Å². The highest BCUT2D eigenvalue weighted by Gasteiger charge is 2.44. The largest absolute Gasteiger partial charge is 0.494 e. The van der Waals surface area contributed by atoms with Crippen LogP contribution in [0.15, 0.2) is 82.8 Å². The molecule has 2 aliphatic rings. The lowest BCUT2D eigenvalue weighted by Crippen LogP contribution is -2.57. The lowest BCUT2D eigenvalue weighted by atomic mass is 9.85. The molecule has 69 heavy (non-hydrogen) atoms. The number of likely N-dealkylation sites (tertiary alicyclic amines) is 1. The number of unbranched alkanes of at least 4 members (excludes halogenated alkanes) is 2. The Balaban J connectivity index is 0.866. The van der Waals surface area contributed by atoms with Crippen molar-refractivity contribution in [3.63, 3.8) is 0 Å². The molecule has 0 bridgehead atoms. The van der Waals surface area contributed by atoms with Gasteiger partial charge in [0.05, 0.1) is 39.8 Å². The number of hydrogen-bond acceptors (Lipinski definition) is 13. The van der Waals surface area contributed by atoms with Crippen molar-refractivity contribution in [3.8, 4) is 16.2 Å². The molecule has 7 rings (SSSR count). The van der Waals surface area contributed by atoms with E-state index in [0.29, 0.717) is 62.8 Å². The number of ether oxygens (including phenoxy) is 1. The minimum Gasteiger partial charge on any atom is -0.494 e. The van der Waals surface area contributed by atoms with Crippen LogP contribution in [0, 0.1) is 29.4 Å². The van der Waals surface area contributed by atoms with Crippen molar-refractivity contribution in [2.45, 2.75) is 97.5 Å². The van der Waals surface area contributed by atoms with Gasteiger partial charge in [0.1, 0.15) is 17.8 Å². The Labute approximate surface area is 410 Å². The maximum absolute atomic E-state index is 14.1. The molecule has 0 spiro atoms. The first-order valence-corrected chi connectivity index (χ1v) is 24.4. The minimum absolute atomic E-state index is 0.00226. The number of thiazole rings is 1.